The van der Waals surface area contributed by atoms with Gasteiger partial charge >= 0.3 is 6.18 Å². The van der Waals surface area contributed by atoms with Crippen molar-refractivity contribution >= 4 is 11.3 Å². The number of thiazole rings is 1. The number of aliphatic hydroxyl groups is 2. The summed E-state index contributed by atoms with van der Waals surface area (Å²) in [6, 6.07) is 0. The minimum atomic E-state index is -4.50. The Hall–Kier alpha value is -0.660. The topological polar surface area (TPSA) is 53.4 Å². The molecule has 0 spiro atoms. The fourth-order valence-corrected chi connectivity index (χ4v) is 1.66. The van der Waals surface area contributed by atoms with Crippen molar-refractivity contribution in [3.63, 3.8) is 0 Å². The molecule has 1 aromatic rings. The summed E-state index contributed by atoms with van der Waals surface area (Å²) in [4.78, 5) is 3.12. The molecule has 14 heavy (non-hydrogen) atoms. The van der Waals surface area contributed by atoms with Gasteiger partial charge in [-0.2, -0.15) is 13.2 Å². The molecule has 0 saturated carbocycles. The molecule has 0 saturated heterocycles. The Balaban J connectivity index is 2.89. The summed E-state index contributed by atoms with van der Waals surface area (Å²) >= 11 is 0.330. The molecule has 0 aromatic carbocycles. The lowest BCUT2D eigenvalue weighted by molar-refractivity contribution is -0.137. The van der Waals surface area contributed by atoms with E-state index in [1.807, 2.05) is 0 Å². The van der Waals surface area contributed by atoms with Crippen LogP contribution in [-0.2, 0) is 6.18 Å². The van der Waals surface area contributed by atoms with Crippen molar-refractivity contribution in [2.45, 2.75) is 25.3 Å². The highest BCUT2D eigenvalue weighted by atomic mass is 32.1. The minimum Gasteiger partial charge on any atom is -0.390 e. The average Bonchev–Trinajstić information content (AvgIpc) is 2.49. The normalized spacial score (nSPS) is 16.7. The first-order valence-electron chi connectivity index (χ1n) is 3.71. The molecule has 80 valence electrons. The van der Waals surface area contributed by atoms with E-state index in [1.54, 1.807) is 0 Å². The first-order chi connectivity index (χ1) is 6.32. The molecule has 0 aliphatic rings. The lowest BCUT2D eigenvalue weighted by atomic mass is 10.2. The van der Waals surface area contributed by atoms with E-state index in [0.717, 1.165) is 6.20 Å². The van der Waals surface area contributed by atoms with E-state index in [9.17, 15) is 18.3 Å². The van der Waals surface area contributed by atoms with Crippen LogP contribution in [0.2, 0.25) is 0 Å². The van der Waals surface area contributed by atoms with Gasteiger partial charge in [0, 0.05) is 6.20 Å². The zero-order chi connectivity index (χ0) is 10.9. The van der Waals surface area contributed by atoms with Crippen molar-refractivity contribution < 1.29 is 23.4 Å². The van der Waals surface area contributed by atoms with Crippen LogP contribution in [0.1, 0.15) is 22.9 Å². The Morgan fingerprint density at radius 1 is 1.43 bits per heavy atom. The Morgan fingerprint density at radius 3 is 2.36 bits per heavy atom. The third-order valence-electron chi connectivity index (χ3n) is 1.51. The van der Waals surface area contributed by atoms with Gasteiger partial charge in [-0.25, -0.2) is 4.98 Å². The zero-order valence-electron chi connectivity index (χ0n) is 7.12. The molecule has 0 amide bonds. The van der Waals surface area contributed by atoms with Crippen LogP contribution in [-0.4, -0.2) is 21.3 Å². The van der Waals surface area contributed by atoms with Crippen molar-refractivity contribution in [2.75, 3.05) is 0 Å². The van der Waals surface area contributed by atoms with Gasteiger partial charge in [-0.1, -0.05) is 0 Å². The summed E-state index contributed by atoms with van der Waals surface area (Å²) < 4.78 is 36.2. The average molecular weight is 227 g/mol. The lowest BCUT2D eigenvalue weighted by Crippen LogP contribution is -2.12. The number of alkyl halides is 3. The smallest absolute Gasteiger partial charge is 0.390 e. The van der Waals surface area contributed by atoms with Gasteiger partial charge in [0.05, 0.1) is 11.0 Å². The van der Waals surface area contributed by atoms with Gasteiger partial charge in [0.15, 0.2) is 5.01 Å². The standard InChI is InChI=1S/C7H8F3NO2S/c1-3(12)5(13)4-2-11-6(14-4)7(8,9)10/h2-3,5,12-13H,1H3. The van der Waals surface area contributed by atoms with Crippen LogP contribution in [0.4, 0.5) is 13.2 Å². The molecule has 0 aliphatic heterocycles. The predicted molar refractivity (Wildman–Crippen MR) is 43.8 cm³/mol. The Bertz CT molecular complexity index is 310. The van der Waals surface area contributed by atoms with Crippen LogP contribution < -0.4 is 0 Å². The van der Waals surface area contributed by atoms with E-state index in [1.165, 1.54) is 6.92 Å². The van der Waals surface area contributed by atoms with Crippen LogP contribution in [0.3, 0.4) is 0 Å². The Labute approximate surface area is 81.8 Å². The molecule has 0 bridgehead atoms. The van der Waals surface area contributed by atoms with Crippen molar-refractivity contribution in [1.29, 1.82) is 0 Å². The number of halogens is 3. The second-order valence-corrected chi connectivity index (χ2v) is 3.81. The third-order valence-corrected chi connectivity index (χ3v) is 2.63. The van der Waals surface area contributed by atoms with Crippen LogP contribution in [0.5, 0.6) is 0 Å². The van der Waals surface area contributed by atoms with Gasteiger partial charge in [0.1, 0.15) is 6.10 Å². The summed E-state index contributed by atoms with van der Waals surface area (Å²) in [5.41, 5.74) is 0. The SMILES string of the molecule is CC(O)C(O)c1cnc(C(F)(F)F)s1. The molecular weight excluding hydrogens is 219 g/mol. The summed E-state index contributed by atoms with van der Waals surface area (Å²) in [6.45, 7) is 1.29. The molecule has 0 radical (unpaired) electrons. The molecule has 0 fully saturated rings. The quantitative estimate of drug-likeness (QED) is 0.806. The van der Waals surface area contributed by atoms with Crippen LogP contribution in [0.25, 0.3) is 0 Å². The van der Waals surface area contributed by atoms with Gasteiger partial charge in [0.25, 0.3) is 0 Å². The number of hydrogen-bond acceptors (Lipinski definition) is 4. The molecule has 2 unspecified atom stereocenters. The predicted octanol–water partition coefficient (Wildman–Crippen LogP) is 1.58. The molecule has 1 aromatic heterocycles. The van der Waals surface area contributed by atoms with E-state index in [0.29, 0.717) is 11.3 Å². The third kappa shape index (κ3) is 2.43. The molecule has 2 N–H and O–H groups in total. The molecular formula is C7H8F3NO2S. The minimum absolute atomic E-state index is 0.00678. The van der Waals surface area contributed by atoms with Gasteiger partial charge in [-0.3, -0.25) is 0 Å². The lowest BCUT2D eigenvalue weighted by Gasteiger charge is -2.09. The van der Waals surface area contributed by atoms with E-state index in [4.69, 9.17) is 5.11 Å². The number of aromatic nitrogens is 1. The monoisotopic (exact) mass is 227 g/mol. The second-order valence-electron chi connectivity index (χ2n) is 2.75. The first kappa shape index (κ1) is 11.4. The van der Waals surface area contributed by atoms with Gasteiger partial charge < -0.3 is 10.2 Å². The largest absolute Gasteiger partial charge is 0.443 e. The highest BCUT2D eigenvalue weighted by Gasteiger charge is 2.35. The van der Waals surface area contributed by atoms with Gasteiger partial charge in [-0.05, 0) is 6.92 Å². The number of aliphatic hydroxyl groups excluding tert-OH is 2. The van der Waals surface area contributed by atoms with Crippen molar-refractivity contribution in [1.82, 2.24) is 4.98 Å². The molecule has 1 heterocycles. The summed E-state index contributed by atoms with van der Waals surface area (Å²) in [6.07, 6.45) is -6.01. The molecule has 0 aliphatic carbocycles. The van der Waals surface area contributed by atoms with E-state index >= 15 is 0 Å². The Morgan fingerprint density at radius 2 is 2.00 bits per heavy atom. The maximum Gasteiger partial charge on any atom is 0.443 e. The van der Waals surface area contributed by atoms with Crippen molar-refractivity contribution in [3.05, 3.63) is 16.1 Å². The van der Waals surface area contributed by atoms with Crippen molar-refractivity contribution in [2.24, 2.45) is 0 Å². The van der Waals surface area contributed by atoms with Crippen LogP contribution in [0, 0.1) is 0 Å². The Kier molecular flexibility index (Phi) is 3.13. The van der Waals surface area contributed by atoms with Gasteiger partial charge in [0.2, 0.25) is 0 Å². The number of nitrogens with zero attached hydrogens (tertiary/aromatic N) is 1. The van der Waals surface area contributed by atoms with Crippen LogP contribution in [0.15, 0.2) is 6.20 Å². The van der Waals surface area contributed by atoms with E-state index in [-0.39, 0.29) is 4.88 Å². The number of rotatable bonds is 2. The molecule has 2 atom stereocenters. The van der Waals surface area contributed by atoms with Crippen molar-refractivity contribution in [3.8, 4) is 0 Å². The zero-order valence-corrected chi connectivity index (χ0v) is 7.93. The van der Waals surface area contributed by atoms with Crippen LogP contribution >= 0.6 is 11.3 Å². The summed E-state index contributed by atoms with van der Waals surface area (Å²) in [5, 5.41) is 17.1. The highest BCUT2D eigenvalue weighted by molar-refractivity contribution is 7.11. The van der Waals surface area contributed by atoms with E-state index < -0.39 is 23.4 Å². The molecule has 7 heteroatoms. The molecule has 3 nitrogen and oxygen atoms in total. The number of hydrogen-bond donors (Lipinski definition) is 2. The molecule has 1 rings (SSSR count). The summed E-state index contributed by atoms with van der Waals surface area (Å²) in [7, 11) is 0. The highest BCUT2D eigenvalue weighted by Crippen LogP contribution is 2.34. The fourth-order valence-electron chi connectivity index (χ4n) is 0.792. The second kappa shape index (κ2) is 3.84. The maximum atomic E-state index is 12.1. The first-order valence-corrected chi connectivity index (χ1v) is 4.53. The summed E-state index contributed by atoms with van der Waals surface area (Å²) in [5.74, 6) is 0. The maximum absolute atomic E-state index is 12.1. The fraction of sp³-hybridized carbons (Fsp3) is 0.571. The van der Waals surface area contributed by atoms with Gasteiger partial charge in [-0.15, -0.1) is 11.3 Å². The van der Waals surface area contributed by atoms with E-state index in [2.05, 4.69) is 4.98 Å².